The van der Waals surface area contributed by atoms with E-state index in [1.54, 1.807) is 11.3 Å². The first-order valence-electron chi connectivity index (χ1n) is 3.66. The van der Waals surface area contributed by atoms with Gasteiger partial charge in [-0.15, -0.1) is 11.3 Å². The maximum Gasteiger partial charge on any atom is 0.0892 e. The SMILES string of the molecule is CNc1cc2cc(Br)ccc2s1. The van der Waals surface area contributed by atoms with Gasteiger partial charge in [0.05, 0.1) is 5.00 Å². The van der Waals surface area contributed by atoms with Crippen molar-refractivity contribution in [2.75, 3.05) is 12.4 Å². The lowest BCUT2D eigenvalue weighted by Crippen LogP contribution is -1.79. The molecule has 3 heteroatoms. The van der Waals surface area contributed by atoms with E-state index in [9.17, 15) is 0 Å². The monoisotopic (exact) mass is 241 g/mol. The van der Waals surface area contributed by atoms with E-state index in [-0.39, 0.29) is 0 Å². The third-order valence-corrected chi connectivity index (χ3v) is 3.35. The summed E-state index contributed by atoms with van der Waals surface area (Å²) in [5.74, 6) is 0. The summed E-state index contributed by atoms with van der Waals surface area (Å²) in [6.07, 6.45) is 0. The summed E-state index contributed by atoms with van der Waals surface area (Å²) in [5.41, 5.74) is 0. The lowest BCUT2D eigenvalue weighted by molar-refractivity contribution is 1.60. The summed E-state index contributed by atoms with van der Waals surface area (Å²) < 4.78 is 2.46. The highest BCUT2D eigenvalue weighted by Crippen LogP contribution is 2.30. The molecule has 1 nitrogen and oxygen atoms in total. The predicted octanol–water partition coefficient (Wildman–Crippen LogP) is 3.71. The maximum atomic E-state index is 3.45. The molecule has 0 atom stereocenters. The molecule has 1 N–H and O–H groups in total. The number of halogens is 1. The Bertz CT molecular complexity index is 408. The van der Waals surface area contributed by atoms with Gasteiger partial charge in [0, 0.05) is 16.2 Å². The minimum Gasteiger partial charge on any atom is -0.380 e. The molecule has 0 unspecified atom stereocenters. The molecule has 0 saturated heterocycles. The smallest absolute Gasteiger partial charge is 0.0892 e. The van der Waals surface area contributed by atoms with Crippen LogP contribution in [-0.2, 0) is 0 Å². The zero-order valence-electron chi connectivity index (χ0n) is 6.60. The molecule has 0 amide bonds. The molecule has 0 aliphatic carbocycles. The number of rotatable bonds is 1. The topological polar surface area (TPSA) is 12.0 Å². The highest BCUT2D eigenvalue weighted by molar-refractivity contribution is 9.10. The van der Waals surface area contributed by atoms with Crippen molar-refractivity contribution in [1.82, 2.24) is 0 Å². The molecular weight excluding hydrogens is 234 g/mol. The summed E-state index contributed by atoms with van der Waals surface area (Å²) in [4.78, 5) is 0. The second-order valence-corrected chi connectivity index (χ2v) is 4.54. The Morgan fingerprint density at radius 3 is 2.92 bits per heavy atom. The molecule has 0 aliphatic heterocycles. The van der Waals surface area contributed by atoms with Gasteiger partial charge in [-0.2, -0.15) is 0 Å². The van der Waals surface area contributed by atoms with Crippen LogP contribution in [0.1, 0.15) is 0 Å². The van der Waals surface area contributed by atoms with E-state index in [0.717, 1.165) is 4.47 Å². The van der Waals surface area contributed by atoms with Crippen molar-refractivity contribution in [2.24, 2.45) is 0 Å². The molecule has 0 aliphatic rings. The molecule has 0 radical (unpaired) electrons. The molecule has 1 aromatic heterocycles. The first kappa shape index (κ1) is 8.08. The standard InChI is InChI=1S/C9H8BrNS/c1-11-9-5-6-4-7(10)2-3-8(6)12-9/h2-5,11H,1H3. The number of benzene rings is 1. The van der Waals surface area contributed by atoms with Gasteiger partial charge in [0.25, 0.3) is 0 Å². The fourth-order valence-corrected chi connectivity index (χ4v) is 2.41. The lowest BCUT2D eigenvalue weighted by atomic mass is 10.3. The first-order valence-corrected chi connectivity index (χ1v) is 5.27. The quantitative estimate of drug-likeness (QED) is 0.803. The van der Waals surface area contributed by atoms with Crippen molar-refractivity contribution < 1.29 is 0 Å². The fraction of sp³-hybridized carbons (Fsp3) is 0.111. The van der Waals surface area contributed by atoms with E-state index in [1.165, 1.54) is 15.1 Å². The number of fused-ring (bicyclic) bond motifs is 1. The van der Waals surface area contributed by atoms with Crippen LogP contribution >= 0.6 is 27.3 Å². The Morgan fingerprint density at radius 2 is 2.17 bits per heavy atom. The molecular formula is C9H8BrNS. The van der Waals surface area contributed by atoms with Gasteiger partial charge < -0.3 is 5.32 Å². The largest absolute Gasteiger partial charge is 0.380 e. The molecule has 12 heavy (non-hydrogen) atoms. The first-order chi connectivity index (χ1) is 5.79. The Balaban J connectivity index is 2.67. The van der Waals surface area contributed by atoms with E-state index in [0.29, 0.717) is 0 Å². The van der Waals surface area contributed by atoms with Gasteiger partial charge in [0.1, 0.15) is 0 Å². The number of anilines is 1. The highest BCUT2D eigenvalue weighted by Gasteiger charge is 1.99. The predicted molar refractivity (Wildman–Crippen MR) is 59.1 cm³/mol. The van der Waals surface area contributed by atoms with Gasteiger partial charge in [0.2, 0.25) is 0 Å². The summed E-state index contributed by atoms with van der Waals surface area (Å²) in [6.45, 7) is 0. The van der Waals surface area contributed by atoms with Crippen LogP contribution in [0.5, 0.6) is 0 Å². The average Bonchev–Trinajstić information content (AvgIpc) is 2.46. The van der Waals surface area contributed by atoms with E-state index in [2.05, 4.69) is 45.5 Å². The van der Waals surface area contributed by atoms with Gasteiger partial charge in [-0.1, -0.05) is 15.9 Å². The van der Waals surface area contributed by atoms with Crippen LogP contribution in [0.2, 0.25) is 0 Å². The second-order valence-electron chi connectivity index (χ2n) is 2.54. The molecule has 0 fully saturated rings. The van der Waals surface area contributed by atoms with Gasteiger partial charge in [-0.3, -0.25) is 0 Å². The van der Waals surface area contributed by atoms with Crippen LogP contribution in [0.4, 0.5) is 5.00 Å². The molecule has 0 bridgehead atoms. The van der Waals surface area contributed by atoms with Crippen LogP contribution in [0.25, 0.3) is 10.1 Å². The Kier molecular flexibility index (Phi) is 2.07. The van der Waals surface area contributed by atoms with Crippen molar-refractivity contribution in [3.05, 3.63) is 28.7 Å². The third kappa shape index (κ3) is 1.34. The summed E-state index contributed by atoms with van der Waals surface area (Å²) in [5, 5.41) is 5.64. The summed E-state index contributed by atoms with van der Waals surface area (Å²) in [6, 6.07) is 8.49. The molecule has 62 valence electrons. The second kappa shape index (κ2) is 3.07. The van der Waals surface area contributed by atoms with Crippen LogP contribution in [0.15, 0.2) is 28.7 Å². The normalized spacial score (nSPS) is 10.5. The highest BCUT2D eigenvalue weighted by atomic mass is 79.9. The van der Waals surface area contributed by atoms with Gasteiger partial charge in [-0.25, -0.2) is 0 Å². The number of hydrogen-bond acceptors (Lipinski definition) is 2. The minimum absolute atomic E-state index is 1.13. The number of nitrogens with one attached hydrogen (secondary N) is 1. The van der Waals surface area contributed by atoms with Gasteiger partial charge in [-0.05, 0) is 29.7 Å². The zero-order valence-corrected chi connectivity index (χ0v) is 9.00. The van der Waals surface area contributed by atoms with Crippen molar-refractivity contribution >= 4 is 42.4 Å². The third-order valence-electron chi connectivity index (χ3n) is 1.72. The molecule has 0 spiro atoms. The Labute approximate surface area is 83.5 Å². The fourth-order valence-electron chi connectivity index (χ4n) is 1.14. The van der Waals surface area contributed by atoms with Crippen LogP contribution in [-0.4, -0.2) is 7.05 Å². The van der Waals surface area contributed by atoms with E-state index in [4.69, 9.17) is 0 Å². The molecule has 0 saturated carbocycles. The molecule has 1 heterocycles. The lowest BCUT2D eigenvalue weighted by Gasteiger charge is -1.88. The van der Waals surface area contributed by atoms with Crippen LogP contribution in [0.3, 0.4) is 0 Å². The van der Waals surface area contributed by atoms with Crippen LogP contribution < -0.4 is 5.32 Å². The Hall–Kier alpha value is -0.540. The minimum atomic E-state index is 1.13. The molecule has 2 aromatic rings. The Morgan fingerprint density at radius 1 is 1.33 bits per heavy atom. The van der Waals surface area contributed by atoms with Crippen molar-refractivity contribution in [3.8, 4) is 0 Å². The number of hydrogen-bond donors (Lipinski definition) is 1. The van der Waals surface area contributed by atoms with E-state index in [1.807, 2.05) is 7.05 Å². The summed E-state index contributed by atoms with van der Waals surface area (Å²) in [7, 11) is 1.94. The number of thiophene rings is 1. The van der Waals surface area contributed by atoms with Crippen molar-refractivity contribution in [3.63, 3.8) is 0 Å². The maximum absolute atomic E-state index is 3.45. The zero-order chi connectivity index (χ0) is 8.55. The van der Waals surface area contributed by atoms with Crippen LogP contribution in [0, 0.1) is 0 Å². The van der Waals surface area contributed by atoms with E-state index >= 15 is 0 Å². The summed E-state index contributed by atoms with van der Waals surface area (Å²) >= 11 is 5.22. The van der Waals surface area contributed by atoms with Gasteiger partial charge in [0.15, 0.2) is 0 Å². The van der Waals surface area contributed by atoms with Gasteiger partial charge >= 0.3 is 0 Å². The average molecular weight is 242 g/mol. The van der Waals surface area contributed by atoms with Crippen molar-refractivity contribution in [2.45, 2.75) is 0 Å². The molecule has 1 aromatic carbocycles. The van der Waals surface area contributed by atoms with Crippen molar-refractivity contribution in [1.29, 1.82) is 0 Å². The molecule has 2 rings (SSSR count). The van der Waals surface area contributed by atoms with E-state index < -0.39 is 0 Å².